The van der Waals surface area contributed by atoms with Crippen LogP contribution in [0.15, 0.2) is 60.8 Å². The number of carboxylic acid groups (broad SMARTS) is 2. The fourth-order valence-corrected chi connectivity index (χ4v) is 7.36. The molecule has 0 aliphatic rings. The number of amides is 4. The second kappa shape index (κ2) is 22.7. The molecule has 322 valence electrons. The van der Waals surface area contributed by atoms with E-state index in [-0.39, 0.29) is 50.6 Å². The summed E-state index contributed by atoms with van der Waals surface area (Å²) < 4.78 is 16.5. The molecule has 10 N–H and O–H groups in total. The third-order valence-electron chi connectivity index (χ3n) is 9.38. The number of halogens is 1. The number of aliphatic hydroxyl groups is 1. The summed E-state index contributed by atoms with van der Waals surface area (Å²) in [4.78, 5) is 74.9. The van der Waals surface area contributed by atoms with Crippen LogP contribution < -0.4 is 27.4 Å². The summed E-state index contributed by atoms with van der Waals surface area (Å²) in [6, 6.07) is 13.3. The molecule has 0 radical (unpaired) electrons. The molecule has 59 heavy (non-hydrogen) atoms. The molecule has 0 spiro atoms. The van der Waals surface area contributed by atoms with Gasteiger partial charge in [-0.05, 0) is 53.6 Å². The Morgan fingerprint density at radius 1 is 0.881 bits per heavy atom. The molecule has 4 atom stereocenters. The standard InChI is InChI=1S/C41H56FN7O9S/c1-25-10-11-28(42)19-29(25)27-18-32(48(22-27)21-26-8-6-5-7-9-26)37(41(2,3)4)49(36(53)23-50)17-13-30(43)38(54)47-14-12-34(51)45-15-16-46-35(52)20-33(40(57)58)59-24-31(44)39(55)56/h5-11,18-19,22,30-31,33,37,50H,12-17,20-21,23-24,43-44H2,1-4H3,(H,45,51)(H,46,52)(H,47,54)(H,55,56)(H,57,58)/t30-,31-,33?,37?/m0/s1. The number of nitrogens with zero attached hydrogens (tertiary/aromatic N) is 2. The van der Waals surface area contributed by atoms with Crippen LogP contribution in [0.3, 0.4) is 0 Å². The summed E-state index contributed by atoms with van der Waals surface area (Å²) >= 11 is 0.743. The van der Waals surface area contributed by atoms with Gasteiger partial charge in [-0.3, -0.25) is 28.8 Å². The highest BCUT2D eigenvalue weighted by Gasteiger charge is 2.37. The quantitative estimate of drug-likeness (QED) is 0.0638. The van der Waals surface area contributed by atoms with Gasteiger partial charge in [0.2, 0.25) is 23.6 Å². The second-order valence-corrected chi connectivity index (χ2v) is 16.4. The number of nitrogens with one attached hydrogen (secondary N) is 3. The van der Waals surface area contributed by atoms with E-state index in [0.29, 0.717) is 12.1 Å². The fraction of sp³-hybridized carbons (Fsp3) is 0.463. The summed E-state index contributed by atoms with van der Waals surface area (Å²) in [5.74, 6) is -5.32. The van der Waals surface area contributed by atoms with Gasteiger partial charge in [0.25, 0.3) is 0 Å². The van der Waals surface area contributed by atoms with Crippen LogP contribution in [0.5, 0.6) is 0 Å². The molecule has 0 saturated heterocycles. The largest absolute Gasteiger partial charge is 0.480 e. The third-order valence-corrected chi connectivity index (χ3v) is 10.7. The predicted molar refractivity (Wildman–Crippen MR) is 221 cm³/mol. The van der Waals surface area contributed by atoms with Crippen molar-refractivity contribution in [1.82, 2.24) is 25.4 Å². The first-order chi connectivity index (χ1) is 27.8. The van der Waals surface area contributed by atoms with Crippen molar-refractivity contribution < 1.29 is 48.5 Å². The van der Waals surface area contributed by atoms with Crippen molar-refractivity contribution in [2.75, 3.05) is 38.5 Å². The SMILES string of the molecule is Cc1ccc(F)cc1-c1cc(C(N(CC[C@H](N)C(=O)NCCC(=O)NCCNC(=O)CC(SC[C@H](N)C(=O)O)C(=O)O)C(=O)CO)C(C)(C)C)n(Cc2ccccc2)c1. The highest BCUT2D eigenvalue weighted by Crippen LogP contribution is 2.41. The van der Waals surface area contributed by atoms with Gasteiger partial charge in [0.05, 0.1) is 12.1 Å². The van der Waals surface area contributed by atoms with E-state index in [0.717, 1.165) is 34.1 Å². The number of thioether (sulfide) groups is 1. The van der Waals surface area contributed by atoms with Crippen LogP contribution in [0.25, 0.3) is 11.1 Å². The zero-order chi connectivity index (χ0) is 43.9. The maximum Gasteiger partial charge on any atom is 0.321 e. The average molecular weight is 842 g/mol. The maximum absolute atomic E-state index is 14.5. The monoisotopic (exact) mass is 841 g/mol. The fourth-order valence-electron chi connectivity index (χ4n) is 6.37. The number of aliphatic hydroxyl groups excluding tert-OH is 1. The van der Waals surface area contributed by atoms with E-state index in [2.05, 4.69) is 16.0 Å². The lowest BCUT2D eigenvalue weighted by atomic mass is 9.82. The lowest BCUT2D eigenvalue weighted by molar-refractivity contribution is -0.140. The van der Waals surface area contributed by atoms with E-state index in [1.165, 1.54) is 17.0 Å². The Balaban J connectivity index is 1.61. The Hall–Kier alpha value is -5.30. The van der Waals surface area contributed by atoms with E-state index >= 15 is 0 Å². The molecule has 3 aromatic rings. The van der Waals surface area contributed by atoms with Crippen molar-refractivity contribution in [3.63, 3.8) is 0 Å². The summed E-state index contributed by atoms with van der Waals surface area (Å²) in [5, 5.41) is 34.8. The van der Waals surface area contributed by atoms with Crippen molar-refractivity contribution in [2.24, 2.45) is 16.9 Å². The van der Waals surface area contributed by atoms with Crippen LogP contribution in [0, 0.1) is 18.2 Å². The van der Waals surface area contributed by atoms with Crippen molar-refractivity contribution in [2.45, 2.75) is 76.9 Å². The number of benzene rings is 2. The lowest BCUT2D eigenvalue weighted by Gasteiger charge is -2.41. The molecule has 2 unspecified atom stereocenters. The molecule has 1 heterocycles. The number of aromatic nitrogens is 1. The smallest absolute Gasteiger partial charge is 0.321 e. The van der Waals surface area contributed by atoms with Crippen LogP contribution in [-0.2, 0) is 35.3 Å². The van der Waals surface area contributed by atoms with Crippen molar-refractivity contribution in [3.05, 3.63) is 83.4 Å². The zero-order valence-corrected chi connectivity index (χ0v) is 34.6. The van der Waals surface area contributed by atoms with E-state index in [1.54, 1.807) is 6.07 Å². The number of hydrogen-bond acceptors (Lipinski definition) is 10. The number of hydrogen-bond donors (Lipinski definition) is 8. The molecule has 3 rings (SSSR count). The van der Waals surface area contributed by atoms with Crippen molar-refractivity contribution in [3.8, 4) is 11.1 Å². The minimum atomic E-state index is -1.29. The van der Waals surface area contributed by atoms with Gasteiger partial charge in [-0.25, -0.2) is 4.39 Å². The first kappa shape index (κ1) is 48.1. The first-order valence-corrected chi connectivity index (χ1v) is 20.2. The molecule has 0 aliphatic carbocycles. The van der Waals surface area contributed by atoms with E-state index < -0.39 is 77.4 Å². The van der Waals surface area contributed by atoms with Crippen LogP contribution in [0.1, 0.15) is 62.9 Å². The normalized spacial score (nSPS) is 13.4. The summed E-state index contributed by atoms with van der Waals surface area (Å²) in [6.07, 6.45) is 1.42. The Labute approximate surface area is 347 Å². The number of carboxylic acids is 2. The van der Waals surface area contributed by atoms with Gasteiger partial charge in [-0.1, -0.05) is 57.2 Å². The van der Waals surface area contributed by atoms with E-state index in [9.17, 15) is 43.4 Å². The topological polar surface area (TPSA) is 259 Å². The maximum atomic E-state index is 14.5. The molecule has 2 aromatic carbocycles. The Kier molecular flexibility index (Phi) is 18.5. The Morgan fingerprint density at radius 2 is 1.54 bits per heavy atom. The summed E-state index contributed by atoms with van der Waals surface area (Å²) in [7, 11) is 0. The second-order valence-electron chi connectivity index (χ2n) is 15.2. The number of nitrogens with two attached hydrogens (primary N) is 2. The number of carbonyl (C=O) groups is 6. The van der Waals surface area contributed by atoms with Crippen LogP contribution in [0.4, 0.5) is 4.39 Å². The minimum Gasteiger partial charge on any atom is -0.480 e. The molecule has 0 fully saturated rings. The number of aliphatic carboxylic acids is 2. The van der Waals surface area contributed by atoms with Crippen molar-refractivity contribution in [1.29, 1.82) is 0 Å². The Morgan fingerprint density at radius 3 is 2.15 bits per heavy atom. The summed E-state index contributed by atoms with van der Waals surface area (Å²) in [6.45, 7) is 7.42. The van der Waals surface area contributed by atoms with Crippen LogP contribution >= 0.6 is 11.8 Å². The number of carbonyl (C=O) groups excluding carboxylic acids is 4. The summed E-state index contributed by atoms with van der Waals surface area (Å²) in [5.41, 5.74) is 15.1. The zero-order valence-electron chi connectivity index (χ0n) is 33.8. The van der Waals surface area contributed by atoms with Gasteiger partial charge in [0.1, 0.15) is 23.7 Å². The van der Waals surface area contributed by atoms with Crippen LogP contribution in [-0.4, -0.2) is 116 Å². The molecule has 16 nitrogen and oxygen atoms in total. The lowest BCUT2D eigenvalue weighted by Crippen LogP contribution is -2.48. The molecule has 0 aliphatic heterocycles. The van der Waals surface area contributed by atoms with Gasteiger partial charge in [-0.15, -0.1) is 11.8 Å². The highest BCUT2D eigenvalue weighted by atomic mass is 32.2. The molecule has 1 aromatic heterocycles. The van der Waals surface area contributed by atoms with Crippen molar-refractivity contribution >= 4 is 47.3 Å². The number of rotatable bonds is 23. The minimum absolute atomic E-state index is 0.00515. The molecular weight excluding hydrogens is 786 g/mol. The van der Waals surface area contributed by atoms with Gasteiger partial charge in [-0.2, -0.15) is 0 Å². The molecule has 0 bridgehead atoms. The van der Waals surface area contributed by atoms with E-state index in [4.69, 9.17) is 16.6 Å². The number of aryl methyl sites for hydroxylation is 1. The molecular formula is C41H56FN7O9S. The van der Waals surface area contributed by atoms with Crippen LogP contribution in [0.2, 0.25) is 0 Å². The predicted octanol–water partition coefficient (Wildman–Crippen LogP) is 2.00. The van der Waals surface area contributed by atoms with Gasteiger partial charge in [0, 0.05) is 68.8 Å². The highest BCUT2D eigenvalue weighted by molar-refractivity contribution is 8.00. The molecule has 18 heteroatoms. The average Bonchev–Trinajstić information content (AvgIpc) is 3.58. The molecule has 0 saturated carbocycles. The first-order valence-electron chi connectivity index (χ1n) is 19.1. The molecule has 4 amide bonds. The van der Waals surface area contributed by atoms with E-state index in [1.807, 2.05) is 74.9 Å². The third kappa shape index (κ3) is 15.1. The van der Waals surface area contributed by atoms with Gasteiger partial charge >= 0.3 is 11.9 Å². The Bertz CT molecular complexity index is 1920. The van der Waals surface area contributed by atoms with Gasteiger partial charge in [0.15, 0.2) is 0 Å². The van der Waals surface area contributed by atoms with Gasteiger partial charge < -0.3 is 52.2 Å².